The maximum Gasteiger partial charge on any atom is 2.00 e. The molecule has 18 aromatic rings. The molecular formula is C98H68N8Pt2. The van der Waals surface area contributed by atoms with E-state index in [1.165, 1.54) is 88.1 Å². The van der Waals surface area contributed by atoms with Crippen molar-refractivity contribution >= 4 is 77.7 Å². The molecule has 6 heterocycles. The standard InChI is InChI=1S/2C49H34N4.2Pt/c1-49(2)43-22-5-3-20-39(43)41-31-42-40-21-4-6-25-47(40)53(48(42)32-44(41)49)38-19-13-18-37(30-38)52(35-16-11-14-33(28-35)45-23-7-9-26-50-45)36-17-12-15-34(29-36)46-24-8-10-27-51-46;1-49(2)43-19-5-3-17-39(43)41-31-42-40-18-4-6-22-47(40)53(48(42)32-44(41)49)36-25-23-35(24-26-36)52(37-15-11-13-33(29-37)45-20-7-9-27-50-45)38-16-12-14-34(30-38)46-21-8-10-28-51-46;;/h3-27,30-32H,1-2H3;3-28,31-32H,1-2H3;;/q2*-2;2*+2. The van der Waals surface area contributed by atoms with Crippen LogP contribution in [0.5, 0.6) is 0 Å². The Labute approximate surface area is 657 Å². The van der Waals surface area contributed by atoms with Crippen molar-refractivity contribution in [3.63, 3.8) is 0 Å². The van der Waals surface area contributed by atoms with E-state index in [1.807, 2.05) is 97.6 Å². The third-order valence-corrected chi connectivity index (χ3v) is 21.3. The van der Waals surface area contributed by atoms with Crippen LogP contribution in [0.15, 0.2) is 340 Å². The van der Waals surface area contributed by atoms with E-state index in [4.69, 9.17) is 0 Å². The van der Waals surface area contributed by atoms with Crippen molar-refractivity contribution in [2.24, 2.45) is 0 Å². The number of hydrogen-bond donors (Lipinski definition) is 0. The zero-order chi connectivity index (χ0) is 71.0. The zero-order valence-electron chi connectivity index (χ0n) is 59.5. The van der Waals surface area contributed by atoms with Crippen molar-refractivity contribution in [1.29, 1.82) is 0 Å². The van der Waals surface area contributed by atoms with Crippen LogP contribution >= 0.6 is 0 Å². The maximum absolute atomic E-state index is 4.63. The van der Waals surface area contributed by atoms with Crippen LogP contribution in [0.3, 0.4) is 0 Å². The van der Waals surface area contributed by atoms with Crippen LogP contribution in [0.4, 0.5) is 34.1 Å². The first kappa shape index (κ1) is 68.9. The summed E-state index contributed by atoms with van der Waals surface area (Å²) in [6, 6.07) is 126. The van der Waals surface area contributed by atoms with Gasteiger partial charge in [-0.25, -0.2) is 0 Å². The van der Waals surface area contributed by atoms with Crippen molar-refractivity contribution < 1.29 is 42.1 Å². The zero-order valence-corrected chi connectivity index (χ0v) is 64.1. The molecule has 20 rings (SSSR count). The summed E-state index contributed by atoms with van der Waals surface area (Å²) >= 11 is 0. The van der Waals surface area contributed by atoms with Crippen molar-refractivity contribution in [1.82, 2.24) is 29.1 Å². The Morgan fingerprint density at radius 3 is 1.01 bits per heavy atom. The van der Waals surface area contributed by atoms with Gasteiger partial charge in [-0.05, 0) is 193 Å². The minimum atomic E-state index is -0.108. The molecule has 0 radical (unpaired) electrons. The fourth-order valence-electron chi connectivity index (χ4n) is 16.3. The minimum absolute atomic E-state index is 0. The predicted molar refractivity (Wildman–Crippen MR) is 434 cm³/mol. The van der Waals surface area contributed by atoms with Crippen LogP contribution in [0, 0.1) is 24.3 Å². The molecule has 8 nitrogen and oxygen atoms in total. The molecular weight excluding hydrogens is 1680 g/mol. The number of fused-ring (bicyclic) bond motifs is 12. The fraction of sp³-hybridized carbons (Fsp3) is 0.0612. The topological polar surface area (TPSA) is 67.9 Å². The summed E-state index contributed by atoms with van der Waals surface area (Å²) < 4.78 is 4.84. The molecule has 6 aromatic heterocycles. The van der Waals surface area contributed by atoms with Crippen molar-refractivity contribution in [3.05, 3.63) is 387 Å². The van der Waals surface area contributed by atoms with Crippen LogP contribution in [0.25, 0.3) is 122 Å². The van der Waals surface area contributed by atoms with Crippen LogP contribution in [-0.2, 0) is 53.0 Å². The summed E-state index contributed by atoms with van der Waals surface area (Å²) in [6.07, 6.45) is 7.28. The molecule has 0 N–H and O–H groups in total. The second kappa shape index (κ2) is 28.3. The summed E-state index contributed by atoms with van der Waals surface area (Å²) in [4.78, 5) is 22.9. The molecule has 0 fully saturated rings. The second-order valence-electron chi connectivity index (χ2n) is 28.2. The summed E-state index contributed by atoms with van der Waals surface area (Å²) in [7, 11) is 0. The van der Waals surface area contributed by atoms with Crippen molar-refractivity contribution in [3.8, 4) is 78.7 Å². The van der Waals surface area contributed by atoms with Gasteiger partial charge in [0.15, 0.2) is 0 Å². The van der Waals surface area contributed by atoms with E-state index in [1.54, 1.807) is 0 Å². The molecule has 0 aliphatic heterocycles. The van der Waals surface area contributed by atoms with Gasteiger partial charge in [0, 0.05) is 79.9 Å². The molecule has 0 saturated carbocycles. The first-order chi connectivity index (χ1) is 52.1. The monoisotopic (exact) mass is 1750 g/mol. The Morgan fingerprint density at radius 2 is 0.611 bits per heavy atom. The average molecular weight is 1750 g/mol. The number of rotatable bonds is 12. The van der Waals surface area contributed by atoms with Crippen molar-refractivity contribution in [2.45, 2.75) is 38.5 Å². The SMILES string of the molecule is CC1(C)c2ccccc2-c2cc3c4ccccc4n(-c4ccc(N(c5[c-]c(-c6ccccn6)ccc5)c5[c-]c(-c6ccccn6)ccc5)cc4)c3cc21.CC1(C)c2ccccc2-c2cc3c4ccccc4n(-c4cccc(N(c5[c-]c(-c6ccccn6)ccc5)c5[c-]c(-c6ccccn6)ccc5)c4)c3cc21.[Pt+2].[Pt+2]. The molecule has 0 atom stereocenters. The number of nitrogens with zero attached hydrogens (tertiary/aromatic N) is 8. The molecule has 0 amide bonds. The number of hydrogen-bond acceptors (Lipinski definition) is 6. The van der Waals surface area contributed by atoms with Crippen LogP contribution < -0.4 is 9.80 Å². The Morgan fingerprint density at radius 1 is 0.259 bits per heavy atom. The van der Waals surface area contributed by atoms with Crippen LogP contribution in [0.2, 0.25) is 0 Å². The first-order valence-corrected chi connectivity index (χ1v) is 36.0. The van der Waals surface area contributed by atoms with E-state index in [0.29, 0.717) is 0 Å². The second-order valence-corrected chi connectivity index (χ2v) is 28.2. The van der Waals surface area contributed by atoms with Gasteiger partial charge in [-0.15, -0.1) is 119 Å². The molecule has 0 bridgehead atoms. The maximum atomic E-state index is 4.63. The number of para-hydroxylation sites is 2. The van der Waals surface area contributed by atoms with Gasteiger partial charge >= 0.3 is 42.1 Å². The minimum Gasteiger partial charge on any atom is -0.346 e. The van der Waals surface area contributed by atoms with E-state index in [9.17, 15) is 0 Å². The number of aromatic nitrogens is 6. The summed E-state index contributed by atoms with van der Waals surface area (Å²) in [5.74, 6) is 0. The molecule has 12 aromatic carbocycles. The van der Waals surface area contributed by atoms with Gasteiger partial charge in [0.2, 0.25) is 0 Å². The summed E-state index contributed by atoms with van der Waals surface area (Å²) in [5.41, 5.74) is 30.3. The molecule has 0 spiro atoms. The number of pyridine rings is 4. The normalized spacial score (nSPS) is 12.6. The third kappa shape index (κ3) is 12.0. The largest absolute Gasteiger partial charge is 2.00 e. The average Bonchev–Trinajstić information content (AvgIpc) is 1.56. The van der Waals surface area contributed by atoms with Crippen LogP contribution in [0.1, 0.15) is 49.9 Å². The van der Waals surface area contributed by atoms with Gasteiger partial charge in [0.05, 0.1) is 22.1 Å². The van der Waals surface area contributed by atoms with E-state index >= 15 is 0 Å². The molecule has 0 saturated heterocycles. The molecule has 10 heteroatoms. The van der Waals surface area contributed by atoms with Crippen LogP contribution in [-0.4, -0.2) is 29.1 Å². The first-order valence-electron chi connectivity index (χ1n) is 36.0. The van der Waals surface area contributed by atoms with E-state index < -0.39 is 0 Å². The van der Waals surface area contributed by atoms with Gasteiger partial charge in [0.1, 0.15) is 0 Å². The van der Waals surface area contributed by atoms with Crippen molar-refractivity contribution in [2.75, 3.05) is 9.80 Å². The molecule has 108 heavy (non-hydrogen) atoms. The smallest absolute Gasteiger partial charge is 0.346 e. The fourth-order valence-corrected chi connectivity index (χ4v) is 16.3. The molecule has 0 unspecified atom stereocenters. The Hall–Kier alpha value is -12.2. The molecule has 2 aliphatic rings. The Kier molecular flexibility index (Phi) is 18.0. The van der Waals surface area contributed by atoms with Gasteiger partial charge in [-0.1, -0.05) is 167 Å². The molecule has 520 valence electrons. The third-order valence-electron chi connectivity index (χ3n) is 21.3. The number of benzene rings is 12. The quantitative estimate of drug-likeness (QED) is 0.114. The Bertz CT molecular complexity index is 6240. The van der Waals surface area contributed by atoms with E-state index in [0.717, 1.165) is 90.5 Å². The molecule has 2 aliphatic carbocycles. The van der Waals surface area contributed by atoms with Gasteiger partial charge in [-0.3, -0.25) is 0 Å². The number of anilines is 6. The Balaban J connectivity index is 0.000000155. The van der Waals surface area contributed by atoms with Gasteiger partial charge < -0.3 is 38.9 Å². The predicted octanol–water partition coefficient (Wildman–Crippen LogP) is 24.6. The van der Waals surface area contributed by atoms with E-state index in [2.05, 4.69) is 333 Å². The summed E-state index contributed by atoms with van der Waals surface area (Å²) in [6.45, 7) is 9.39. The van der Waals surface area contributed by atoms with E-state index in [-0.39, 0.29) is 53.0 Å². The van der Waals surface area contributed by atoms with Gasteiger partial charge in [0.25, 0.3) is 0 Å². The summed E-state index contributed by atoms with van der Waals surface area (Å²) in [5, 5.41) is 5.00. The van der Waals surface area contributed by atoms with Gasteiger partial charge in [-0.2, -0.15) is 0 Å².